The lowest BCUT2D eigenvalue weighted by atomic mass is 10.1. The number of hydrogen-bond donors (Lipinski definition) is 4. The minimum Gasteiger partial charge on any atom is -0.348 e. The molecule has 11 heteroatoms. The van der Waals surface area contributed by atoms with Crippen molar-refractivity contribution in [2.45, 2.75) is 11.3 Å². The molecule has 0 aliphatic carbocycles. The third kappa shape index (κ3) is 5.21. The van der Waals surface area contributed by atoms with Gasteiger partial charge in [0.25, 0.3) is 0 Å². The SMILES string of the molecule is NS(=O)(=O)c1cccc(Nc2ncc(F)c(Nc3ccc(Cc4ncc[nH]4)cc3)n2)c1. The van der Waals surface area contributed by atoms with E-state index in [0.717, 1.165) is 17.6 Å². The minimum absolute atomic E-state index is 0.0288. The second-order valence-corrected chi connectivity index (χ2v) is 8.18. The zero-order valence-corrected chi connectivity index (χ0v) is 16.9. The summed E-state index contributed by atoms with van der Waals surface area (Å²) in [6.07, 6.45) is 5.13. The molecule has 0 unspecified atom stereocenters. The van der Waals surface area contributed by atoms with Gasteiger partial charge in [0.2, 0.25) is 16.0 Å². The number of aromatic nitrogens is 4. The van der Waals surface area contributed by atoms with Crippen molar-refractivity contribution in [1.82, 2.24) is 19.9 Å². The lowest BCUT2D eigenvalue weighted by Gasteiger charge is -2.10. The van der Waals surface area contributed by atoms with Crippen LogP contribution in [0.1, 0.15) is 11.4 Å². The largest absolute Gasteiger partial charge is 0.348 e. The number of primary sulfonamides is 1. The number of nitrogens with zero attached hydrogens (tertiary/aromatic N) is 3. The highest BCUT2D eigenvalue weighted by Gasteiger charge is 2.11. The fraction of sp³-hybridized carbons (Fsp3) is 0.0500. The van der Waals surface area contributed by atoms with Crippen LogP contribution in [0, 0.1) is 5.82 Å². The number of rotatable bonds is 7. The highest BCUT2D eigenvalue weighted by Crippen LogP contribution is 2.22. The zero-order valence-electron chi connectivity index (χ0n) is 16.1. The maximum absolute atomic E-state index is 14.2. The molecule has 2 heterocycles. The van der Waals surface area contributed by atoms with E-state index in [2.05, 4.69) is 30.6 Å². The Morgan fingerprint density at radius 3 is 2.55 bits per heavy atom. The molecule has 2 aromatic heterocycles. The number of nitrogens with two attached hydrogens (primary N) is 1. The van der Waals surface area contributed by atoms with Crippen LogP contribution in [0.25, 0.3) is 0 Å². The summed E-state index contributed by atoms with van der Waals surface area (Å²) in [6, 6.07) is 13.3. The summed E-state index contributed by atoms with van der Waals surface area (Å²) < 4.78 is 37.2. The third-order valence-electron chi connectivity index (χ3n) is 4.31. The molecule has 0 saturated heterocycles. The van der Waals surface area contributed by atoms with E-state index in [1.807, 2.05) is 24.3 Å². The summed E-state index contributed by atoms with van der Waals surface area (Å²) in [5.41, 5.74) is 2.08. The molecule has 0 aliphatic heterocycles. The first-order valence-corrected chi connectivity index (χ1v) is 10.7. The zero-order chi connectivity index (χ0) is 21.8. The second-order valence-electron chi connectivity index (χ2n) is 6.62. The Morgan fingerprint density at radius 1 is 1.03 bits per heavy atom. The van der Waals surface area contributed by atoms with Gasteiger partial charge in [-0.1, -0.05) is 18.2 Å². The van der Waals surface area contributed by atoms with Gasteiger partial charge in [0.05, 0.1) is 11.1 Å². The Morgan fingerprint density at radius 2 is 1.84 bits per heavy atom. The summed E-state index contributed by atoms with van der Waals surface area (Å²) in [4.78, 5) is 15.2. The predicted octanol–water partition coefficient (Wildman–Crippen LogP) is 3.06. The van der Waals surface area contributed by atoms with Gasteiger partial charge in [-0.3, -0.25) is 0 Å². The van der Waals surface area contributed by atoms with E-state index >= 15 is 0 Å². The topological polar surface area (TPSA) is 139 Å². The number of hydrogen-bond acceptors (Lipinski definition) is 7. The Labute approximate surface area is 177 Å². The van der Waals surface area contributed by atoms with Crippen molar-refractivity contribution in [3.63, 3.8) is 0 Å². The van der Waals surface area contributed by atoms with E-state index in [4.69, 9.17) is 5.14 Å². The molecule has 4 rings (SSSR count). The highest BCUT2D eigenvalue weighted by molar-refractivity contribution is 7.89. The van der Waals surface area contributed by atoms with Crippen LogP contribution in [0.3, 0.4) is 0 Å². The lowest BCUT2D eigenvalue weighted by Crippen LogP contribution is -2.12. The van der Waals surface area contributed by atoms with Gasteiger partial charge >= 0.3 is 0 Å². The van der Waals surface area contributed by atoms with Gasteiger partial charge in [0.15, 0.2) is 11.6 Å². The molecule has 4 aromatic rings. The molecule has 0 atom stereocenters. The van der Waals surface area contributed by atoms with E-state index in [9.17, 15) is 12.8 Å². The van der Waals surface area contributed by atoms with E-state index in [-0.39, 0.29) is 16.7 Å². The quantitative estimate of drug-likeness (QED) is 0.347. The summed E-state index contributed by atoms with van der Waals surface area (Å²) in [5.74, 6) is 0.275. The normalized spacial score (nSPS) is 11.3. The minimum atomic E-state index is -3.85. The van der Waals surface area contributed by atoms with Crippen LogP contribution in [0.5, 0.6) is 0 Å². The molecule has 9 nitrogen and oxygen atoms in total. The summed E-state index contributed by atoms with van der Waals surface area (Å²) in [7, 11) is -3.85. The Hall–Kier alpha value is -3.83. The molecule has 0 radical (unpaired) electrons. The fourth-order valence-electron chi connectivity index (χ4n) is 2.83. The highest BCUT2D eigenvalue weighted by atomic mass is 32.2. The van der Waals surface area contributed by atoms with Crippen LogP contribution >= 0.6 is 0 Å². The first kappa shape index (κ1) is 20.4. The maximum atomic E-state index is 14.2. The van der Waals surface area contributed by atoms with Crippen molar-refractivity contribution in [3.8, 4) is 0 Å². The fourth-order valence-corrected chi connectivity index (χ4v) is 3.39. The average Bonchev–Trinajstić information content (AvgIpc) is 3.25. The third-order valence-corrected chi connectivity index (χ3v) is 5.22. The average molecular weight is 439 g/mol. The standard InChI is InChI=1S/C20H18FN7O2S/c21-17-12-25-20(27-15-2-1-3-16(11-15)31(22,29)30)28-19(17)26-14-6-4-13(5-7-14)10-18-23-8-9-24-18/h1-9,11-12H,10H2,(H,23,24)(H2,22,29,30)(H2,25,26,27,28). The van der Waals surface area contributed by atoms with Gasteiger partial charge in [-0.15, -0.1) is 0 Å². The van der Waals surface area contributed by atoms with Crippen molar-refractivity contribution >= 4 is 33.2 Å². The molecule has 158 valence electrons. The number of benzene rings is 2. The molecular formula is C20H18FN7O2S. The maximum Gasteiger partial charge on any atom is 0.238 e. The number of aromatic amines is 1. The number of H-pyrrole nitrogens is 1. The van der Waals surface area contributed by atoms with Crippen molar-refractivity contribution in [1.29, 1.82) is 0 Å². The summed E-state index contributed by atoms with van der Waals surface area (Å²) >= 11 is 0. The molecule has 0 spiro atoms. The molecule has 5 N–H and O–H groups in total. The molecule has 2 aromatic carbocycles. The van der Waals surface area contributed by atoms with Crippen LogP contribution in [0.2, 0.25) is 0 Å². The van der Waals surface area contributed by atoms with E-state index in [0.29, 0.717) is 17.8 Å². The summed E-state index contributed by atoms with van der Waals surface area (Å²) in [6.45, 7) is 0. The van der Waals surface area contributed by atoms with Crippen molar-refractivity contribution in [2.75, 3.05) is 10.6 Å². The Kier molecular flexibility index (Phi) is 5.60. The van der Waals surface area contributed by atoms with Gasteiger partial charge in [-0.2, -0.15) is 4.98 Å². The second kappa shape index (κ2) is 8.50. The molecule has 0 bridgehead atoms. The van der Waals surface area contributed by atoms with Crippen LogP contribution in [0.4, 0.5) is 27.5 Å². The smallest absolute Gasteiger partial charge is 0.238 e. The summed E-state index contributed by atoms with van der Waals surface area (Å²) in [5, 5.41) is 10.9. The van der Waals surface area contributed by atoms with Gasteiger partial charge in [0, 0.05) is 30.2 Å². The van der Waals surface area contributed by atoms with Crippen LogP contribution in [-0.4, -0.2) is 28.4 Å². The molecule has 31 heavy (non-hydrogen) atoms. The lowest BCUT2D eigenvalue weighted by molar-refractivity contribution is 0.598. The number of imidazole rings is 1. The molecule has 0 amide bonds. The molecule has 0 saturated carbocycles. The van der Waals surface area contributed by atoms with E-state index in [1.165, 1.54) is 18.2 Å². The Balaban J connectivity index is 1.49. The Bertz CT molecular complexity index is 1290. The van der Waals surface area contributed by atoms with Gasteiger partial charge in [0.1, 0.15) is 5.82 Å². The van der Waals surface area contributed by atoms with Crippen LogP contribution in [0.15, 0.2) is 72.0 Å². The van der Waals surface area contributed by atoms with Crippen LogP contribution in [-0.2, 0) is 16.4 Å². The van der Waals surface area contributed by atoms with Crippen molar-refractivity contribution < 1.29 is 12.8 Å². The molecule has 0 aliphatic rings. The van der Waals surface area contributed by atoms with E-state index in [1.54, 1.807) is 18.5 Å². The van der Waals surface area contributed by atoms with Crippen LogP contribution < -0.4 is 15.8 Å². The van der Waals surface area contributed by atoms with Gasteiger partial charge < -0.3 is 15.6 Å². The number of nitrogens with one attached hydrogen (secondary N) is 3. The van der Waals surface area contributed by atoms with Gasteiger partial charge in [-0.05, 0) is 35.9 Å². The first-order valence-electron chi connectivity index (χ1n) is 9.13. The molecular weight excluding hydrogens is 421 g/mol. The first-order chi connectivity index (χ1) is 14.9. The number of anilines is 4. The number of halogens is 1. The molecule has 0 fully saturated rings. The van der Waals surface area contributed by atoms with Gasteiger partial charge in [-0.25, -0.2) is 27.9 Å². The van der Waals surface area contributed by atoms with Crippen molar-refractivity contribution in [2.24, 2.45) is 5.14 Å². The monoisotopic (exact) mass is 439 g/mol. The van der Waals surface area contributed by atoms with E-state index < -0.39 is 15.8 Å². The predicted molar refractivity (Wildman–Crippen MR) is 114 cm³/mol. The van der Waals surface area contributed by atoms with Crippen molar-refractivity contribution in [3.05, 3.63) is 84.3 Å². The number of sulfonamides is 1.